The molecule has 0 spiro atoms. The van der Waals surface area contributed by atoms with Crippen LogP contribution in [0.15, 0.2) is 0 Å². The van der Waals surface area contributed by atoms with Crippen LogP contribution >= 0.6 is 12.2 Å². The zero-order chi connectivity index (χ0) is 4.28. The van der Waals surface area contributed by atoms with E-state index in [0.29, 0.717) is 0 Å². The third-order valence-corrected chi connectivity index (χ3v) is 0.365. The summed E-state index contributed by atoms with van der Waals surface area (Å²) in [7, 11) is 0. The van der Waals surface area contributed by atoms with Crippen LogP contribution in [0.5, 0.6) is 0 Å². The number of nitrogens with zero attached hydrogens (tertiary/aromatic N) is 1. The quantitative estimate of drug-likeness (QED) is 0.247. The van der Waals surface area contributed by atoms with Gasteiger partial charge in [-0.25, -0.2) is 16.8 Å². The topological polar surface area (TPSA) is 55.3 Å². The van der Waals surface area contributed by atoms with Crippen LogP contribution in [-0.4, -0.2) is 10.6 Å². The Morgan fingerprint density at radius 2 is 1.80 bits per heavy atom. The third kappa shape index (κ3) is 3.81. The van der Waals surface area contributed by atoms with Crippen LogP contribution in [0, 0.1) is 0 Å². The largest absolute Gasteiger partial charge is 0.243 e. The maximum absolute atomic E-state index is 4.74. The first-order valence-corrected chi connectivity index (χ1v) is 1.48. The van der Waals surface area contributed by atoms with Gasteiger partial charge >= 0.3 is 0 Å². The second-order valence-corrected chi connectivity index (χ2v) is 0.763. The van der Waals surface area contributed by atoms with Crippen molar-refractivity contribution in [3.63, 3.8) is 0 Å². The molecule has 0 saturated heterocycles. The van der Waals surface area contributed by atoms with E-state index in [2.05, 4.69) is 12.2 Å². The predicted octanol–water partition coefficient (Wildman–Crippen LogP) is -1.01. The lowest BCUT2D eigenvalue weighted by atomic mass is 11.4. The highest BCUT2D eigenvalue weighted by atomic mass is 32.1. The Balaban J connectivity index is 2.83. The SMILES string of the molecule is NN(N)C=S. The standard InChI is InChI=1S/CH5N3S/c2-4(3)1-5/h1H,2-3H2. The third-order valence-electron chi connectivity index (χ3n) is 0.122. The zero-order valence-corrected chi connectivity index (χ0v) is 3.40. The van der Waals surface area contributed by atoms with Crippen LogP contribution in [-0.2, 0) is 0 Å². The van der Waals surface area contributed by atoms with Gasteiger partial charge in [-0.3, -0.25) is 0 Å². The number of thiocarbonyl (C=S) groups is 1. The lowest BCUT2D eigenvalue weighted by Crippen LogP contribution is -2.35. The molecule has 0 heterocycles. The number of hydrazine groups is 2. The summed E-state index contributed by atoms with van der Waals surface area (Å²) in [4.78, 5) is 0. The Bertz CT molecular complexity index is 33.9. The molecule has 0 unspecified atom stereocenters. The summed E-state index contributed by atoms with van der Waals surface area (Å²) in [5, 5.41) is 0.815. The Hall–Kier alpha value is -0.190. The smallest absolute Gasteiger partial charge is 0.0964 e. The predicted molar refractivity (Wildman–Crippen MR) is 23.9 cm³/mol. The minimum Gasteiger partial charge on any atom is -0.243 e. The van der Waals surface area contributed by atoms with Gasteiger partial charge in [0.2, 0.25) is 0 Å². The molecule has 0 atom stereocenters. The van der Waals surface area contributed by atoms with E-state index in [1.165, 1.54) is 0 Å². The molecule has 0 aromatic heterocycles. The van der Waals surface area contributed by atoms with Gasteiger partial charge in [-0.2, -0.15) is 0 Å². The first-order valence-electron chi connectivity index (χ1n) is 1.01. The number of rotatable bonds is 1. The second kappa shape index (κ2) is 2.07. The molecule has 4 heteroatoms. The van der Waals surface area contributed by atoms with Crippen molar-refractivity contribution in [3.8, 4) is 0 Å². The summed E-state index contributed by atoms with van der Waals surface area (Å²) in [5.74, 6) is 9.49. The summed E-state index contributed by atoms with van der Waals surface area (Å²) in [6, 6.07) is 0. The van der Waals surface area contributed by atoms with Gasteiger partial charge in [-0.05, 0) is 0 Å². The molecule has 4 N–H and O–H groups in total. The second-order valence-electron chi connectivity index (χ2n) is 0.553. The molecular weight excluding hydrogens is 86.1 g/mol. The monoisotopic (exact) mass is 91.0 g/mol. The molecule has 0 saturated carbocycles. The molecule has 0 aliphatic carbocycles. The van der Waals surface area contributed by atoms with Gasteiger partial charge in [0.05, 0.1) is 5.49 Å². The van der Waals surface area contributed by atoms with Crippen LogP contribution in [0.25, 0.3) is 0 Å². The molecule has 0 amide bonds. The first kappa shape index (κ1) is 4.81. The van der Waals surface area contributed by atoms with Crippen LogP contribution in [0.1, 0.15) is 0 Å². The van der Waals surface area contributed by atoms with Crippen molar-refractivity contribution in [1.29, 1.82) is 0 Å². The summed E-state index contributed by atoms with van der Waals surface area (Å²) in [6.07, 6.45) is 0. The van der Waals surface area contributed by atoms with E-state index < -0.39 is 0 Å². The highest BCUT2D eigenvalue weighted by Crippen LogP contribution is 1.43. The molecule has 0 aliphatic rings. The summed E-state index contributed by atoms with van der Waals surface area (Å²) in [5.41, 5.74) is 1.14. The molecule has 0 radical (unpaired) electrons. The minimum absolute atomic E-state index is 0.815. The molecule has 3 nitrogen and oxygen atoms in total. The van der Waals surface area contributed by atoms with Crippen molar-refractivity contribution in [1.82, 2.24) is 5.12 Å². The van der Waals surface area contributed by atoms with E-state index in [0.717, 1.165) is 10.6 Å². The van der Waals surface area contributed by atoms with Crippen molar-refractivity contribution in [3.05, 3.63) is 0 Å². The molecule has 30 valence electrons. The fourth-order valence-corrected chi connectivity index (χ4v) is 0. The van der Waals surface area contributed by atoms with Crippen molar-refractivity contribution >= 4 is 17.7 Å². The number of hydrogen-bond donors (Lipinski definition) is 2. The maximum Gasteiger partial charge on any atom is 0.0964 e. The van der Waals surface area contributed by atoms with E-state index in [9.17, 15) is 0 Å². The van der Waals surface area contributed by atoms with Gasteiger partial charge in [0.25, 0.3) is 0 Å². The highest BCUT2D eigenvalue weighted by molar-refractivity contribution is 7.78. The Kier molecular flexibility index (Phi) is 1.99. The van der Waals surface area contributed by atoms with E-state index in [-0.39, 0.29) is 0 Å². The lowest BCUT2D eigenvalue weighted by Gasteiger charge is -1.96. The van der Waals surface area contributed by atoms with Crippen molar-refractivity contribution in [2.75, 3.05) is 0 Å². The average Bonchev–Trinajstić information content (AvgIpc) is 1.38. The van der Waals surface area contributed by atoms with Crippen LogP contribution < -0.4 is 11.7 Å². The van der Waals surface area contributed by atoms with Gasteiger partial charge in [0.15, 0.2) is 0 Å². The molecule has 0 bridgehead atoms. The molecular formula is CH5N3S. The Morgan fingerprint density at radius 1 is 1.60 bits per heavy atom. The van der Waals surface area contributed by atoms with Gasteiger partial charge < -0.3 is 0 Å². The molecule has 0 rings (SSSR count). The number of nitrogens with two attached hydrogens (primary N) is 2. The van der Waals surface area contributed by atoms with Crippen LogP contribution in [0.4, 0.5) is 0 Å². The van der Waals surface area contributed by atoms with Crippen molar-refractivity contribution in [2.45, 2.75) is 0 Å². The van der Waals surface area contributed by atoms with Crippen molar-refractivity contribution in [2.24, 2.45) is 11.7 Å². The van der Waals surface area contributed by atoms with Crippen LogP contribution in [0.2, 0.25) is 0 Å². The molecule has 5 heavy (non-hydrogen) atoms. The van der Waals surface area contributed by atoms with E-state index in [4.69, 9.17) is 11.7 Å². The maximum atomic E-state index is 4.74. The van der Waals surface area contributed by atoms with E-state index in [1.807, 2.05) is 0 Å². The summed E-state index contributed by atoms with van der Waals surface area (Å²) < 4.78 is 0. The van der Waals surface area contributed by atoms with Crippen molar-refractivity contribution < 1.29 is 0 Å². The fraction of sp³-hybridized carbons (Fsp3) is 0. The van der Waals surface area contributed by atoms with Gasteiger partial charge in [-0.15, -0.1) is 0 Å². The summed E-state index contributed by atoms with van der Waals surface area (Å²) in [6.45, 7) is 0. The molecule has 0 aromatic carbocycles. The normalized spacial score (nSPS) is 6.80. The van der Waals surface area contributed by atoms with Crippen LogP contribution in [0.3, 0.4) is 0 Å². The number of hydrogen-bond acceptors (Lipinski definition) is 3. The average molecular weight is 91.1 g/mol. The van der Waals surface area contributed by atoms with Gasteiger partial charge in [-0.1, -0.05) is 12.2 Å². The highest BCUT2D eigenvalue weighted by Gasteiger charge is 1.63. The molecule has 0 aliphatic heterocycles. The van der Waals surface area contributed by atoms with Gasteiger partial charge in [0.1, 0.15) is 0 Å². The first-order chi connectivity index (χ1) is 2.27. The van der Waals surface area contributed by atoms with Gasteiger partial charge in [0, 0.05) is 0 Å². The van der Waals surface area contributed by atoms with E-state index >= 15 is 0 Å². The molecule has 0 aromatic rings. The van der Waals surface area contributed by atoms with E-state index in [1.54, 1.807) is 0 Å². The Morgan fingerprint density at radius 3 is 1.80 bits per heavy atom. The zero-order valence-electron chi connectivity index (χ0n) is 2.59. The fourth-order valence-electron chi connectivity index (χ4n) is 0. The molecule has 0 fully saturated rings. The summed E-state index contributed by atoms with van der Waals surface area (Å²) >= 11 is 4.23. The minimum atomic E-state index is 0.815. The Labute approximate surface area is 35.5 Å². The lowest BCUT2D eigenvalue weighted by molar-refractivity contribution is 0.488.